The van der Waals surface area contributed by atoms with Crippen molar-refractivity contribution < 1.29 is 19.1 Å². The summed E-state index contributed by atoms with van der Waals surface area (Å²) in [6.45, 7) is 0.00932. The number of hydrogen-bond donors (Lipinski definition) is 1. The van der Waals surface area contributed by atoms with E-state index in [1.807, 2.05) is 48.5 Å². The fourth-order valence-electron chi connectivity index (χ4n) is 3.84. The highest BCUT2D eigenvalue weighted by Gasteiger charge is 2.24. The number of para-hydroxylation sites is 1. The Hall–Kier alpha value is -3.41. The van der Waals surface area contributed by atoms with Crippen molar-refractivity contribution in [2.45, 2.75) is 32.2 Å². The SMILES string of the molecule is COc1cccc(CNC(=O)COC(=O)c2c3c(nc4ccccc24)CCCC3)c1. The topological polar surface area (TPSA) is 77.5 Å². The molecule has 1 amide bonds. The van der Waals surface area contributed by atoms with E-state index in [9.17, 15) is 9.59 Å². The minimum atomic E-state index is -0.469. The van der Waals surface area contributed by atoms with Gasteiger partial charge in [0.25, 0.3) is 5.91 Å². The van der Waals surface area contributed by atoms with Crippen LogP contribution in [0.3, 0.4) is 0 Å². The Labute approximate surface area is 175 Å². The zero-order valence-corrected chi connectivity index (χ0v) is 16.9. The molecule has 0 radical (unpaired) electrons. The molecule has 3 aromatic rings. The third-order valence-electron chi connectivity index (χ3n) is 5.33. The van der Waals surface area contributed by atoms with Crippen LogP contribution in [-0.4, -0.2) is 30.6 Å². The number of ether oxygens (including phenoxy) is 2. The van der Waals surface area contributed by atoms with Gasteiger partial charge in [0.2, 0.25) is 0 Å². The maximum Gasteiger partial charge on any atom is 0.339 e. The van der Waals surface area contributed by atoms with Gasteiger partial charge in [0.1, 0.15) is 5.75 Å². The molecule has 0 fully saturated rings. The van der Waals surface area contributed by atoms with Crippen LogP contribution in [0.15, 0.2) is 48.5 Å². The number of nitrogens with zero attached hydrogens (tertiary/aromatic N) is 1. The van der Waals surface area contributed by atoms with Gasteiger partial charge in [-0.2, -0.15) is 0 Å². The summed E-state index contributed by atoms with van der Waals surface area (Å²) in [5, 5.41) is 3.55. The molecule has 4 rings (SSSR count). The van der Waals surface area contributed by atoms with Crippen LogP contribution >= 0.6 is 0 Å². The number of nitrogens with one attached hydrogen (secondary N) is 1. The van der Waals surface area contributed by atoms with Gasteiger partial charge in [0.15, 0.2) is 6.61 Å². The Morgan fingerprint density at radius 3 is 2.77 bits per heavy atom. The van der Waals surface area contributed by atoms with Crippen LogP contribution in [-0.2, 0) is 28.9 Å². The minimum Gasteiger partial charge on any atom is -0.497 e. The minimum absolute atomic E-state index is 0.325. The average Bonchev–Trinajstić information content (AvgIpc) is 2.79. The summed E-state index contributed by atoms with van der Waals surface area (Å²) in [5.74, 6) is -0.0933. The number of benzene rings is 2. The molecule has 0 saturated carbocycles. The Morgan fingerprint density at radius 2 is 1.90 bits per heavy atom. The van der Waals surface area contributed by atoms with Crippen molar-refractivity contribution >= 4 is 22.8 Å². The molecule has 1 aliphatic carbocycles. The van der Waals surface area contributed by atoms with Crippen molar-refractivity contribution in [2.24, 2.45) is 0 Å². The Bertz CT molecular complexity index is 1090. The number of amides is 1. The zero-order chi connectivity index (χ0) is 20.9. The molecule has 154 valence electrons. The molecule has 1 N–H and O–H groups in total. The molecule has 0 spiro atoms. The molecular formula is C24H24N2O4. The summed E-state index contributed by atoms with van der Waals surface area (Å²) < 4.78 is 10.6. The van der Waals surface area contributed by atoms with Crippen LogP contribution in [0.1, 0.15) is 40.0 Å². The van der Waals surface area contributed by atoms with E-state index < -0.39 is 5.97 Å². The van der Waals surface area contributed by atoms with E-state index in [1.54, 1.807) is 7.11 Å². The van der Waals surface area contributed by atoms with Crippen LogP contribution in [0.2, 0.25) is 0 Å². The first-order chi connectivity index (χ1) is 14.7. The molecule has 0 aliphatic heterocycles. The van der Waals surface area contributed by atoms with Crippen molar-refractivity contribution in [2.75, 3.05) is 13.7 Å². The largest absolute Gasteiger partial charge is 0.497 e. The van der Waals surface area contributed by atoms with Crippen LogP contribution in [0.5, 0.6) is 5.75 Å². The van der Waals surface area contributed by atoms with Crippen molar-refractivity contribution in [1.29, 1.82) is 0 Å². The smallest absolute Gasteiger partial charge is 0.339 e. The summed E-state index contributed by atoms with van der Waals surface area (Å²) in [4.78, 5) is 29.9. The van der Waals surface area contributed by atoms with Crippen LogP contribution in [0.25, 0.3) is 10.9 Å². The number of hydrogen-bond acceptors (Lipinski definition) is 5. The molecule has 1 aromatic heterocycles. The van der Waals surface area contributed by atoms with Crippen LogP contribution < -0.4 is 10.1 Å². The number of aromatic nitrogens is 1. The van der Waals surface area contributed by atoms with Crippen molar-refractivity contribution in [3.63, 3.8) is 0 Å². The van der Waals surface area contributed by atoms with E-state index in [0.717, 1.165) is 59.2 Å². The molecule has 1 heterocycles. The Kier molecular flexibility index (Phi) is 5.93. The average molecular weight is 404 g/mol. The van der Waals surface area contributed by atoms with Gasteiger partial charge in [0, 0.05) is 17.6 Å². The molecule has 6 nitrogen and oxygen atoms in total. The van der Waals surface area contributed by atoms with Crippen LogP contribution in [0, 0.1) is 0 Å². The fourth-order valence-corrected chi connectivity index (χ4v) is 3.84. The lowest BCUT2D eigenvalue weighted by atomic mass is 9.90. The second-order valence-corrected chi connectivity index (χ2v) is 7.34. The van der Waals surface area contributed by atoms with E-state index in [2.05, 4.69) is 5.32 Å². The maximum absolute atomic E-state index is 12.9. The number of esters is 1. The summed E-state index contributed by atoms with van der Waals surface area (Å²) in [7, 11) is 1.60. The highest BCUT2D eigenvalue weighted by molar-refractivity contribution is 6.05. The first kappa shape index (κ1) is 19.9. The highest BCUT2D eigenvalue weighted by Crippen LogP contribution is 2.29. The van der Waals surface area contributed by atoms with Gasteiger partial charge >= 0.3 is 5.97 Å². The number of pyridine rings is 1. The fraction of sp³-hybridized carbons (Fsp3) is 0.292. The van der Waals surface area contributed by atoms with E-state index in [4.69, 9.17) is 14.5 Å². The van der Waals surface area contributed by atoms with E-state index >= 15 is 0 Å². The maximum atomic E-state index is 12.9. The summed E-state index contributed by atoms with van der Waals surface area (Å²) in [5.41, 5.74) is 4.17. The second kappa shape index (κ2) is 8.95. The number of carbonyl (C=O) groups is 2. The first-order valence-electron chi connectivity index (χ1n) is 10.1. The van der Waals surface area contributed by atoms with Gasteiger partial charge in [0.05, 0.1) is 18.2 Å². The molecule has 2 aromatic carbocycles. The number of methoxy groups -OCH3 is 1. The second-order valence-electron chi connectivity index (χ2n) is 7.34. The lowest BCUT2D eigenvalue weighted by Gasteiger charge is -2.19. The molecule has 30 heavy (non-hydrogen) atoms. The first-order valence-corrected chi connectivity index (χ1v) is 10.1. The quantitative estimate of drug-likeness (QED) is 0.635. The summed E-state index contributed by atoms with van der Waals surface area (Å²) in [6, 6.07) is 15.0. The van der Waals surface area contributed by atoms with Gasteiger partial charge in [-0.05, 0) is 55.0 Å². The van der Waals surface area contributed by atoms with E-state index in [0.29, 0.717) is 12.1 Å². The predicted molar refractivity (Wildman–Crippen MR) is 114 cm³/mol. The predicted octanol–water partition coefficient (Wildman–Crippen LogP) is 3.60. The Balaban J connectivity index is 1.45. The van der Waals surface area contributed by atoms with Crippen molar-refractivity contribution in [1.82, 2.24) is 10.3 Å². The van der Waals surface area contributed by atoms with Gasteiger partial charge < -0.3 is 14.8 Å². The van der Waals surface area contributed by atoms with Crippen LogP contribution in [0.4, 0.5) is 0 Å². The molecule has 1 aliphatic rings. The number of fused-ring (bicyclic) bond motifs is 2. The standard InChI is InChI=1S/C24H24N2O4/c1-29-17-8-6-7-16(13-17)14-25-22(27)15-30-24(28)23-18-9-2-4-11-20(18)26-21-12-5-3-10-19(21)23/h2,4,6-9,11,13H,3,5,10,12,14-15H2,1H3,(H,25,27). The lowest BCUT2D eigenvalue weighted by molar-refractivity contribution is -0.124. The van der Waals surface area contributed by atoms with Gasteiger partial charge in [-0.15, -0.1) is 0 Å². The zero-order valence-electron chi connectivity index (χ0n) is 16.9. The molecule has 0 atom stereocenters. The van der Waals surface area contributed by atoms with Crippen molar-refractivity contribution in [3.05, 3.63) is 70.9 Å². The van der Waals surface area contributed by atoms with Gasteiger partial charge in [-0.25, -0.2) is 4.79 Å². The summed E-state index contributed by atoms with van der Waals surface area (Å²) in [6.07, 6.45) is 3.76. The number of carbonyl (C=O) groups excluding carboxylic acids is 2. The van der Waals surface area contributed by atoms with Crippen molar-refractivity contribution in [3.8, 4) is 5.75 Å². The number of rotatable bonds is 6. The van der Waals surface area contributed by atoms with Gasteiger partial charge in [-0.1, -0.05) is 30.3 Å². The molecule has 0 saturated heterocycles. The lowest BCUT2D eigenvalue weighted by Crippen LogP contribution is -2.28. The third-order valence-corrected chi connectivity index (χ3v) is 5.33. The monoisotopic (exact) mass is 404 g/mol. The highest BCUT2D eigenvalue weighted by atomic mass is 16.5. The van der Waals surface area contributed by atoms with Gasteiger partial charge in [-0.3, -0.25) is 9.78 Å². The Morgan fingerprint density at radius 1 is 1.07 bits per heavy atom. The molecule has 6 heteroatoms. The third kappa shape index (κ3) is 4.27. The summed E-state index contributed by atoms with van der Waals surface area (Å²) >= 11 is 0. The molecule has 0 unspecified atom stereocenters. The van der Waals surface area contributed by atoms with E-state index in [-0.39, 0.29) is 12.5 Å². The normalized spacial score (nSPS) is 12.8. The number of aryl methyl sites for hydroxylation is 1. The molecular weight excluding hydrogens is 380 g/mol. The van der Waals surface area contributed by atoms with E-state index in [1.165, 1.54) is 0 Å². The molecule has 0 bridgehead atoms.